The molecule has 0 saturated carbocycles. The second-order valence-electron chi connectivity index (χ2n) is 6.91. The zero-order valence-electron chi connectivity index (χ0n) is 14.0. The summed E-state index contributed by atoms with van der Waals surface area (Å²) in [4.78, 5) is 12.0. The van der Waals surface area contributed by atoms with Crippen molar-refractivity contribution >= 4 is 5.91 Å². The fraction of sp³-hybridized carbons (Fsp3) is 0.611. The Kier molecular flexibility index (Phi) is 5.46. The van der Waals surface area contributed by atoms with Gasteiger partial charge >= 0.3 is 0 Å². The maximum atomic E-state index is 12.0. The standard InChI is InChI=1S/C18H27NO3/c1-13(17(20)19-12-16-6-5-11-21-16)22-15-9-7-14(8-10-15)18(2,3)4/h7-10,13,16H,5-6,11-12H2,1-4H3,(H,19,20)/t13-,16+/m0/s1. The van der Waals surface area contributed by atoms with Gasteiger partial charge in [0.05, 0.1) is 6.10 Å². The summed E-state index contributed by atoms with van der Waals surface area (Å²) in [6.45, 7) is 9.64. The molecule has 1 aromatic carbocycles. The van der Waals surface area contributed by atoms with E-state index in [9.17, 15) is 4.79 Å². The summed E-state index contributed by atoms with van der Waals surface area (Å²) in [5.41, 5.74) is 1.36. The molecule has 1 saturated heterocycles. The van der Waals surface area contributed by atoms with Gasteiger partial charge in [0.2, 0.25) is 0 Å². The van der Waals surface area contributed by atoms with Crippen LogP contribution in [0.25, 0.3) is 0 Å². The number of nitrogens with one attached hydrogen (secondary N) is 1. The normalized spacial score (nSPS) is 19.7. The quantitative estimate of drug-likeness (QED) is 0.909. The van der Waals surface area contributed by atoms with Crippen molar-refractivity contribution in [3.63, 3.8) is 0 Å². The topological polar surface area (TPSA) is 47.6 Å². The number of rotatable bonds is 5. The lowest BCUT2D eigenvalue weighted by molar-refractivity contribution is -0.127. The van der Waals surface area contributed by atoms with E-state index in [0.29, 0.717) is 12.3 Å². The lowest BCUT2D eigenvalue weighted by Crippen LogP contribution is -2.40. The highest BCUT2D eigenvalue weighted by molar-refractivity contribution is 5.80. The lowest BCUT2D eigenvalue weighted by Gasteiger charge is -2.20. The van der Waals surface area contributed by atoms with Crippen LogP contribution in [0.2, 0.25) is 0 Å². The third kappa shape index (κ3) is 4.73. The van der Waals surface area contributed by atoms with Gasteiger partial charge in [-0.1, -0.05) is 32.9 Å². The zero-order valence-corrected chi connectivity index (χ0v) is 14.0. The lowest BCUT2D eigenvalue weighted by atomic mass is 9.87. The third-order valence-electron chi connectivity index (χ3n) is 3.93. The molecule has 0 radical (unpaired) electrons. The van der Waals surface area contributed by atoms with E-state index >= 15 is 0 Å². The smallest absolute Gasteiger partial charge is 0.260 e. The summed E-state index contributed by atoms with van der Waals surface area (Å²) < 4.78 is 11.2. The van der Waals surface area contributed by atoms with Crippen LogP contribution in [0.4, 0.5) is 0 Å². The van der Waals surface area contributed by atoms with Crippen LogP contribution in [0, 0.1) is 0 Å². The first-order valence-corrected chi connectivity index (χ1v) is 8.03. The van der Waals surface area contributed by atoms with E-state index in [2.05, 4.69) is 26.1 Å². The predicted molar refractivity (Wildman–Crippen MR) is 87.2 cm³/mol. The number of hydrogen-bond acceptors (Lipinski definition) is 3. The summed E-state index contributed by atoms with van der Waals surface area (Å²) in [5, 5.41) is 2.89. The Morgan fingerprint density at radius 2 is 2.05 bits per heavy atom. The molecule has 1 aliphatic rings. The van der Waals surface area contributed by atoms with Gasteiger partial charge < -0.3 is 14.8 Å². The maximum Gasteiger partial charge on any atom is 0.260 e. The molecular weight excluding hydrogens is 278 g/mol. The van der Waals surface area contributed by atoms with Crippen molar-refractivity contribution in [2.75, 3.05) is 13.2 Å². The molecular formula is C18H27NO3. The van der Waals surface area contributed by atoms with Crippen molar-refractivity contribution in [1.29, 1.82) is 0 Å². The molecule has 0 spiro atoms. The highest BCUT2D eigenvalue weighted by Crippen LogP contribution is 2.24. The van der Waals surface area contributed by atoms with Gasteiger partial charge in [0, 0.05) is 13.2 Å². The number of benzene rings is 1. The van der Waals surface area contributed by atoms with Crippen LogP contribution in [0.15, 0.2) is 24.3 Å². The van der Waals surface area contributed by atoms with E-state index in [1.54, 1.807) is 6.92 Å². The van der Waals surface area contributed by atoms with E-state index < -0.39 is 6.10 Å². The second-order valence-corrected chi connectivity index (χ2v) is 6.91. The van der Waals surface area contributed by atoms with Crippen molar-refractivity contribution in [1.82, 2.24) is 5.32 Å². The highest BCUT2D eigenvalue weighted by Gasteiger charge is 2.20. The molecule has 1 aliphatic heterocycles. The Balaban J connectivity index is 1.82. The molecule has 1 amide bonds. The van der Waals surface area contributed by atoms with Crippen LogP contribution in [0.5, 0.6) is 5.75 Å². The molecule has 0 unspecified atom stereocenters. The van der Waals surface area contributed by atoms with Crippen LogP contribution in [0.3, 0.4) is 0 Å². The molecule has 1 aromatic rings. The molecule has 4 heteroatoms. The van der Waals surface area contributed by atoms with Gasteiger partial charge in [0.25, 0.3) is 5.91 Å². The summed E-state index contributed by atoms with van der Waals surface area (Å²) in [6.07, 6.45) is 1.74. The second kappa shape index (κ2) is 7.14. The molecule has 0 aromatic heterocycles. The largest absolute Gasteiger partial charge is 0.481 e. The molecule has 122 valence electrons. The SMILES string of the molecule is C[C@H](Oc1ccc(C(C)(C)C)cc1)C(=O)NC[C@H]1CCCO1. The van der Waals surface area contributed by atoms with Gasteiger partial charge in [0.15, 0.2) is 6.10 Å². The van der Waals surface area contributed by atoms with E-state index in [1.807, 2.05) is 24.3 Å². The first-order chi connectivity index (χ1) is 10.4. The molecule has 4 nitrogen and oxygen atoms in total. The third-order valence-corrected chi connectivity index (χ3v) is 3.93. The average molecular weight is 305 g/mol. The summed E-state index contributed by atoms with van der Waals surface area (Å²) in [7, 11) is 0. The monoisotopic (exact) mass is 305 g/mol. The predicted octanol–water partition coefficient (Wildman–Crippen LogP) is 3.05. The van der Waals surface area contributed by atoms with Crippen LogP contribution in [-0.4, -0.2) is 31.3 Å². The van der Waals surface area contributed by atoms with Gasteiger partial charge in [0.1, 0.15) is 5.75 Å². The molecule has 0 aliphatic carbocycles. The van der Waals surface area contributed by atoms with E-state index in [-0.39, 0.29) is 17.4 Å². The van der Waals surface area contributed by atoms with Crippen molar-refractivity contribution < 1.29 is 14.3 Å². The molecule has 22 heavy (non-hydrogen) atoms. The highest BCUT2D eigenvalue weighted by atomic mass is 16.5. The van der Waals surface area contributed by atoms with E-state index in [0.717, 1.165) is 19.4 Å². The summed E-state index contributed by atoms with van der Waals surface area (Å²) >= 11 is 0. The van der Waals surface area contributed by atoms with Gasteiger partial charge in [-0.2, -0.15) is 0 Å². The van der Waals surface area contributed by atoms with E-state index in [4.69, 9.17) is 9.47 Å². The van der Waals surface area contributed by atoms with Crippen molar-refractivity contribution in [3.8, 4) is 5.75 Å². The zero-order chi connectivity index (χ0) is 16.2. The summed E-state index contributed by atoms with van der Waals surface area (Å²) in [6, 6.07) is 7.94. The molecule has 2 rings (SSSR count). The van der Waals surface area contributed by atoms with Crippen LogP contribution < -0.4 is 10.1 Å². The first kappa shape index (κ1) is 16.8. The summed E-state index contributed by atoms with van der Waals surface area (Å²) in [5.74, 6) is 0.614. The van der Waals surface area contributed by atoms with Crippen LogP contribution in [0.1, 0.15) is 46.1 Å². The van der Waals surface area contributed by atoms with Gasteiger partial charge in [-0.25, -0.2) is 0 Å². The Bertz CT molecular complexity index is 484. The van der Waals surface area contributed by atoms with Crippen molar-refractivity contribution in [2.24, 2.45) is 0 Å². The van der Waals surface area contributed by atoms with E-state index in [1.165, 1.54) is 5.56 Å². The minimum atomic E-state index is -0.512. The Morgan fingerprint density at radius 1 is 1.36 bits per heavy atom. The molecule has 0 bridgehead atoms. The minimum absolute atomic E-state index is 0.101. The number of carbonyl (C=O) groups is 1. The molecule has 1 fully saturated rings. The van der Waals surface area contributed by atoms with Crippen LogP contribution >= 0.6 is 0 Å². The maximum absolute atomic E-state index is 12.0. The first-order valence-electron chi connectivity index (χ1n) is 8.03. The fourth-order valence-corrected chi connectivity index (χ4v) is 2.45. The Morgan fingerprint density at radius 3 is 2.59 bits per heavy atom. The minimum Gasteiger partial charge on any atom is -0.481 e. The van der Waals surface area contributed by atoms with Crippen molar-refractivity contribution in [3.05, 3.63) is 29.8 Å². The van der Waals surface area contributed by atoms with Gasteiger partial charge in [-0.15, -0.1) is 0 Å². The molecule has 2 atom stereocenters. The fourth-order valence-electron chi connectivity index (χ4n) is 2.45. The number of hydrogen-bond donors (Lipinski definition) is 1. The molecule has 1 heterocycles. The Hall–Kier alpha value is -1.55. The van der Waals surface area contributed by atoms with Gasteiger partial charge in [-0.3, -0.25) is 4.79 Å². The van der Waals surface area contributed by atoms with Gasteiger partial charge in [-0.05, 0) is 42.9 Å². The van der Waals surface area contributed by atoms with Crippen LogP contribution in [-0.2, 0) is 14.9 Å². The number of amides is 1. The van der Waals surface area contributed by atoms with Crippen molar-refractivity contribution in [2.45, 2.75) is 58.2 Å². The Labute approximate surface area is 133 Å². The molecule has 1 N–H and O–H groups in total. The average Bonchev–Trinajstić information content (AvgIpc) is 2.97. The number of carbonyl (C=O) groups excluding carboxylic acids is 1. The number of ether oxygens (including phenoxy) is 2.